The lowest BCUT2D eigenvalue weighted by molar-refractivity contribution is -0.163. The van der Waals surface area contributed by atoms with Crippen molar-refractivity contribution >= 4 is 22.3 Å². The van der Waals surface area contributed by atoms with E-state index < -0.39 is 24.4 Å². The quantitative estimate of drug-likeness (QED) is 0.480. The highest BCUT2D eigenvalue weighted by Crippen LogP contribution is 2.44. The molecular formula is C27H26O7. The molecule has 7 heteroatoms. The monoisotopic (exact) mass is 462 g/mol. The minimum Gasteiger partial charge on any atom is -0.496 e. The third kappa shape index (κ3) is 3.23. The van der Waals surface area contributed by atoms with E-state index in [2.05, 4.69) is 0 Å². The zero-order valence-corrected chi connectivity index (χ0v) is 19.4. The molecule has 3 aromatic carbocycles. The summed E-state index contributed by atoms with van der Waals surface area (Å²) in [6.45, 7) is 3.62. The summed E-state index contributed by atoms with van der Waals surface area (Å²) in [7, 11) is 2.98. The van der Waals surface area contributed by atoms with Gasteiger partial charge in [-0.2, -0.15) is 0 Å². The Hall–Kier alpha value is -3.26. The van der Waals surface area contributed by atoms with Crippen molar-refractivity contribution in [1.82, 2.24) is 0 Å². The van der Waals surface area contributed by atoms with E-state index in [1.807, 2.05) is 25.1 Å². The highest BCUT2D eigenvalue weighted by molar-refractivity contribution is 6.33. The number of methoxy groups -OCH3 is 2. The lowest BCUT2D eigenvalue weighted by atomic mass is 9.79. The Kier molecular flexibility index (Phi) is 5.43. The fourth-order valence-corrected chi connectivity index (χ4v) is 5.18. The van der Waals surface area contributed by atoms with Gasteiger partial charge in [-0.05, 0) is 43.0 Å². The van der Waals surface area contributed by atoms with Crippen LogP contribution >= 0.6 is 0 Å². The van der Waals surface area contributed by atoms with Gasteiger partial charge in [0.1, 0.15) is 17.6 Å². The fraction of sp³-hybridized carbons (Fsp3) is 0.333. The molecule has 2 aliphatic rings. The van der Waals surface area contributed by atoms with Gasteiger partial charge in [0.15, 0.2) is 11.6 Å². The molecule has 1 aliphatic carbocycles. The Balaban J connectivity index is 1.70. The number of hydrogen-bond donors (Lipinski definition) is 2. The molecule has 1 heterocycles. The maximum absolute atomic E-state index is 13.8. The van der Waals surface area contributed by atoms with Gasteiger partial charge in [0, 0.05) is 34.1 Å². The molecule has 7 nitrogen and oxygen atoms in total. The Morgan fingerprint density at radius 3 is 2.29 bits per heavy atom. The van der Waals surface area contributed by atoms with Crippen molar-refractivity contribution in [3.63, 3.8) is 0 Å². The van der Waals surface area contributed by atoms with Crippen LogP contribution in [0.2, 0.25) is 0 Å². The number of ketones is 2. The average molecular weight is 462 g/mol. The topological polar surface area (TPSA) is 102 Å². The second-order valence-electron chi connectivity index (χ2n) is 8.95. The molecule has 1 aliphatic heterocycles. The average Bonchev–Trinajstić information content (AvgIpc) is 2.83. The van der Waals surface area contributed by atoms with Crippen LogP contribution < -0.4 is 9.47 Å². The minimum atomic E-state index is -0.998. The molecule has 4 atom stereocenters. The first-order valence-electron chi connectivity index (χ1n) is 11.2. The maximum atomic E-state index is 13.8. The number of carbonyl (C=O) groups excluding carboxylic acids is 2. The lowest BCUT2D eigenvalue weighted by Crippen LogP contribution is -2.44. The van der Waals surface area contributed by atoms with Crippen LogP contribution in [0, 0.1) is 6.92 Å². The van der Waals surface area contributed by atoms with Crippen molar-refractivity contribution in [2.75, 3.05) is 14.2 Å². The van der Waals surface area contributed by atoms with Crippen molar-refractivity contribution in [2.24, 2.45) is 0 Å². The van der Waals surface area contributed by atoms with Gasteiger partial charge >= 0.3 is 0 Å². The molecule has 0 spiro atoms. The summed E-state index contributed by atoms with van der Waals surface area (Å²) in [5.41, 5.74) is 2.58. The molecule has 5 rings (SSSR count). The van der Waals surface area contributed by atoms with Gasteiger partial charge in [-0.1, -0.05) is 18.2 Å². The summed E-state index contributed by atoms with van der Waals surface area (Å²) >= 11 is 0. The normalized spacial score (nSPS) is 24.1. The van der Waals surface area contributed by atoms with Crippen molar-refractivity contribution < 1.29 is 34.0 Å². The third-order valence-corrected chi connectivity index (χ3v) is 6.84. The van der Waals surface area contributed by atoms with Crippen molar-refractivity contribution in [3.8, 4) is 11.5 Å². The molecule has 0 amide bonds. The van der Waals surface area contributed by atoms with Gasteiger partial charge in [-0.25, -0.2) is 0 Å². The van der Waals surface area contributed by atoms with E-state index in [4.69, 9.17) is 14.2 Å². The van der Waals surface area contributed by atoms with E-state index in [0.29, 0.717) is 22.3 Å². The molecule has 0 radical (unpaired) electrons. The second kappa shape index (κ2) is 8.20. The fourth-order valence-electron chi connectivity index (χ4n) is 5.18. The molecule has 0 bridgehead atoms. The molecule has 4 unspecified atom stereocenters. The van der Waals surface area contributed by atoms with E-state index >= 15 is 0 Å². The molecular weight excluding hydrogens is 436 g/mol. The summed E-state index contributed by atoms with van der Waals surface area (Å²) in [5, 5.41) is 21.7. The van der Waals surface area contributed by atoms with Crippen LogP contribution in [0.4, 0.5) is 0 Å². The molecule has 1 saturated heterocycles. The van der Waals surface area contributed by atoms with Crippen LogP contribution in [0.15, 0.2) is 36.4 Å². The van der Waals surface area contributed by atoms with Crippen LogP contribution in [0.5, 0.6) is 11.5 Å². The Bertz CT molecular complexity index is 1330. The van der Waals surface area contributed by atoms with Crippen molar-refractivity contribution in [2.45, 2.75) is 44.7 Å². The smallest absolute Gasteiger partial charge is 0.198 e. The van der Waals surface area contributed by atoms with Crippen molar-refractivity contribution in [3.05, 3.63) is 69.8 Å². The Morgan fingerprint density at radius 1 is 0.941 bits per heavy atom. The molecule has 3 aromatic rings. The van der Waals surface area contributed by atoms with Gasteiger partial charge < -0.3 is 24.4 Å². The summed E-state index contributed by atoms with van der Waals surface area (Å²) in [5.74, 6) is 0.184. The first-order valence-corrected chi connectivity index (χ1v) is 11.2. The van der Waals surface area contributed by atoms with Crippen LogP contribution in [-0.2, 0) is 4.74 Å². The SMILES string of the molecule is COc1c(C2CC(O)C(O)C(C)O2)ccc2c1C(=O)c1ccc3cc(C)cc(OC)c3c1C2=O. The van der Waals surface area contributed by atoms with Gasteiger partial charge in [-0.15, -0.1) is 0 Å². The molecule has 1 fully saturated rings. The maximum Gasteiger partial charge on any atom is 0.198 e. The number of benzene rings is 3. The van der Waals surface area contributed by atoms with Gasteiger partial charge in [0.05, 0.1) is 38.1 Å². The second-order valence-corrected chi connectivity index (χ2v) is 8.95. The first-order chi connectivity index (χ1) is 16.3. The van der Waals surface area contributed by atoms with Gasteiger partial charge in [-0.3, -0.25) is 9.59 Å². The number of rotatable bonds is 3. The predicted octanol–water partition coefficient (Wildman–Crippen LogP) is 3.51. The number of aliphatic hydroxyl groups excluding tert-OH is 2. The molecule has 176 valence electrons. The Labute approximate surface area is 196 Å². The molecule has 0 aromatic heterocycles. The first kappa shape index (κ1) is 22.5. The predicted molar refractivity (Wildman–Crippen MR) is 125 cm³/mol. The van der Waals surface area contributed by atoms with Crippen LogP contribution in [0.1, 0.15) is 62.4 Å². The number of ether oxygens (including phenoxy) is 3. The van der Waals surface area contributed by atoms with Crippen LogP contribution in [0.3, 0.4) is 0 Å². The highest BCUT2D eigenvalue weighted by atomic mass is 16.5. The zero-order valence-electron chi connectivity index (χ0n) is 19.4. The largest absolute Gasteiger partial charge is 0.496 e. The summed E-state index contributed by atoms with van der Waals surface area (Å²) in [6.07, 6.45) is -3.04. The van der Waals surface area contributed by atoms with E-state index in [9.17, 15) is 19.8 Å². The van der Waals surface area contributed by atoms with E-state index in [1.54, 1.807) is 32.2 Å². The summed E-state index contributed by atoms with van der Waals surface area (Å²) in [4.78, 5) is 27.5. The number of fused-ring (bicyclic) bond motifs is 4. The standard InChI is InChI=1S/C27H26O7/c1-12-9-14-5-6-16-22(21(14)20(10-12)32-3)25(30)17-8-7-15(27(33-4)23(17)26(16)31)19-11-18(28)24(29)13(2)34-19/h5-10,13,18-19,24,28-29H,11H2,1-4H3. The van der Waals surface area contributed by atoms with Crippen molar-refractivity contribution in [1.29, 1.82) is 0 Å². The summed E-state index contributed by atoms with van der Waals surface area (Å²) < 4.78 is 17.1. The van der Waals surface area contributed by atoms with E-state index in [-0.39, 0.29) is 40.4 Å². The van der Waals surface area contributed by atoms with Gasteiger partial charge in [0.25, 0.3) is 0 Å². The number of aryl methyl sites for hydroxylation is 1. The molecule has 0 saturated carbocycles. The highest BCUT2D eigenvalue weighted by Gasteiger charge is 2.40. The summed E-state index contributed by atoms with van der Waals surface area (Å²) in [6, 6.07) is 10.6. The van der Waals surface area contributed by atoms with E-state index in [1.165, 1.54) is 7.11 Å². The number of hydrogen-bond acceptors (Lipinski definition) is 7. The lowest BCUT2D eigenvalue weighted by Gasteiger charge is -2.36. The van der Waals surface area contributed by atoms with E-state index in [0.717, 1.165) is 10.9 Å². The molecule has 34 heavy (non-hydrogen) atoms. The zero-order chi connectivity index (χ0) is 24.3. The molecule has 2 N–H and O–H groups in total. The van der Waals surface area contributed by atoms with Gasteiger partial charge in [0.2, 0.25) is 0 Å². The number of carbonyl (C=O) groups is 2. The van der Waals surface area contributed by atoms with Crippen LogP contribution in [-0.4, -0.2) is 54.3 Å². The minimum absolute atomic E-state index is 0.139. The number of aliphatic hydroxyl groups is 2. The van der Waals surface area contributed by atoms with Crippen LogP contribution in [0.25, 0.3) is 10.8 Å². The third-order valence-electron chi connectivity index (χ3n) is 6.84. The Morgan fingerprint density at radius 2 is 1.62 bits per heavy atom.